The minimum absolute atomic E-state index is 0.239. The molecule has 0 saturated carbocycles. The van der Waals surface area contributed by atoms with Crippen LogP contribution in [0.3, 0.4) is 0 Å². The number of nitrogens with one attached hydrogen (secondary N) is 1. The number of esters is 1. The van der Waals surface area contributed by atoms with Gasteiger partial charge in [-0.15, -0.1) is 0 Å². The first-order chi connectivity index (χ1) is 14.6. The fourth-order valence-electron chi connectivity index (χ4n) is 3.59. The number of methoxy groups -OCH3 is 1. The zero-order valence-electron chi connectivity index (χ0n) is 15.9. The largest absolute Gasteiger partial charge is 0.465 e. The van der Waals surface area contributed by atoms with E-state index in [-0.39, 0.29) is 11.5 Å². The number of anilines is 2. The van der Waals surface area contributed by atoms with Crippen molar-refractivity contribution in [2.75, 3.05) is 24.0 Å². The number of benzene rings is 2. The Morgan fingerprint density at radius 2 is 1.90 bits per heavy atom. The molecular weight excluding hydrogens is 404 g/mol. The lowest BCUT2D eigenvalue weighted by Gasteiger charge is -2.25. The number of ether oxygens (including phenoxy) is 1. The summed E-state index contributed by atoms with van der Waals surface area (Å²) in [5.74, 6) is -0.680. The van der Waals surface area contributed by atoms with E-state index in [1.165, 1.54) is 18.4 Å². The maximum atomic E-state index is 13.1. The summed E-state index contributed by atoms with van der Waals surface area (Å²) in [6.07, 6.45) is 0. The number of hydrogen-bond donors (Lipinski definition) is 1. The summed E-state index contributed by atoms with van der Waals surface area (Å²) >= 11 is 1.23. The number of para-hydroxylation sites is 1. The smallest absolute Gasteiger partial charge is 0.337 e. The molecule has 0 fully saturated rings. The summed E-state index contributed by atoms with van der Waals surface area (Å²) in [7, 11) is 1.34. The Labute approximate surface area is 174 Å². The fraction of sp³-hybridized carbons (Fsp3) is 0.143. The number of carbonyl (C=O) groups is 2. The zero-order chi connectivity index (χ0) is 20.8. The van der Waals surface area contributed by atoms with Crippen molar-refractivity contribution in [3.05, 3.63) is 79.3 Å². The third-order valence-electron chi connectivity index (χ3n) is 5.10. The van der Waals surface area contributed by atoms with Crippen molar-refractivity contribution in [2.24, 2.45) is 4.99 Å². The van der Waals surface area contributed by atoms with Gasteiger partial charge >= 0.3 is 5.97 Å². The van der Waals surface area contributed by atoms with Gasteiger partial charge in [0.2, 0.25) is 0 Å². The molecule has 0 radical (unpaired) electrons. The predicted molar refractivity (Wildman–Crippen MR) is 112 cm³/mol. The number of rotatable bonds is 2. The molecular formula is C21H16N4O4S. The van der Waals surface area contributed by atoms with E-state index in [4.69, 9.17) is 4.74 Å². The summed E-state index contributed by atoms with van der Waals surface area (Å²) in [6.45, 7) is 0.678. The lowest BCUT2D eigenvalue weighted by atomic mass is 10.1. The van der Waals surface area contributed by atoms with Crippen LogP contribution in [0.25, 0.3) is 5.57 Å². The molecule has 150 valence electrons. The Bertz CT molecular complexity index is 1370. The topological polar surface area (TPSA) is 93.0 Å². The van der Waals surface area contributed by atoms with Gasteiger partial charge in [0.1, 0.15) is 17.9 Å². The first-order valence-corrected chi connectivity index (χ1v) is 10.0. The van der Waals surface area contributed by atoms with E-state index in [2.05, 4.69) is 10.3 Å². The van der Waals surface area contributed by atoms with E-state index < -0.39 is 5.97 Å². The SMILES string of the molecule is COC(=O)c1ccc(N2CN=c3s/c(=C4\C(=O)Nc5ccccc54)c(=O)n3C2)cc1. The van der Waals surface area contributed by atoms with E-state index in [1.807, 2.05) is 29.2 Å². The molecule has 0 aliphatic carbocycles. The maximum absolute atomic E-state index is 13.1. The molecule has 5 rings (SSSR count). The number of nitrogens with zero attached hydrogens (tertiary/aromatic N) is 3. The Morgan fingerprint density at radius 1 is 1.13 bits per heavy atom. The van der Waals surface area contributed by atoms with Gasteiger partial charge in [-0.3, -0.25) is 14.2 Å². The lowest BCUT2D eigenvalue weighted by Crippen LogP contribution is -2.43. The predicted octanol–water partition coefficient (Wildman–Crippen LogP) is 0.902. The van der Waals surface area contributed by atoms with Crippen LogP contribution in [0.15, 0.2) is 58.3 Å². The van der Waals surface area contributed by atoms with Gasteiger partial charge in [-0.25, -0.2) is 9.79 Å². The fourth-order valence-corrected chi connectivity index (χ4v) is 4.65. The zero-order valence-corrected chi connectivity index (χ0v) is 16.7. The Kier molecular flexibility index (Phi) is 4.25. The van der Waals surface area contributed by atoms with Gasteiger partial charge in [-0.2, -0.15) is 0 Å². The van der Waals surface area contributed by atoms with Crippen LogP contribution in [0.5, 0.6) is 0 Å². The average Bonchev–Trinajstić information content (AvgIpc) is 3.28. The normalized spacial score (nSPS) is 16.4. The molecule has 1 amide bonds. The molecule has 8 nitrogen and oxygen atoms in total. The molecule has 2 aliphatic rings. The van der Waals surface area contributed by atoms with Crippen LogP contribution in [0.2, 0.25) is 0 Å². The third-order valence-corrected chi connectivity index (χ3v) is 6.22. The highest BCUT2D eigenvalue weighted by Crippen LogP contribution is 2.29. The molecule has 0 atom stereocenters. The molecule has 1 N–H and O–H groups in total. The van der Waals surface area contributed by atoms with Crippen molar-refractivity contribution in [2.45, 2.75) is 6.67 Å². The van der Waals surface area contributed by atoms with E-state index in [0.717, 1.165) is 11.3 Å². The standard InChI is InChI=1S/C21H16N4O4S/c1-29-20(28)12-6-8-13(9-7-12)24-10-22-21-25(11-24)19(27)17(30-21)16-14-4-2-3-5-15(14)23-18(16)26/h2-9H,10-11H2,1H3,(H,23,26)/b17-16-. The summed E-state index contributed by atoms with van der Waals surface area (Å²) in [6, 6.07) is 14.3. The second-order valence-electron chi connectivity index (χ2n) is 6.84. The van der Waals surface area contributed by atoms with Gasteiger partial charge in [0.05, 0.1) is 18.2 Å². The molecule has 0 bridgehead atoms. The van der Waals surface area contributed by atoms with Crippen LogP contribution < -0.4 is 25.1 Å². The second kappa shape index (κ2) is 6.96. The van der Waals surface area contributed by atoms with Crippen LogP contribution in [-0.2, 0) is 16.2 Å². The van der Waals surface area contributed by atoms with Crippen molar-refractivity contribution in [3.8, 4) is 0 Å². The highest BCUT2D eigenvalue weighted by atomic mass is 32.1. The van der Waals surface area contributed by atoms with Crippen molar-refractivity contribution in [3.63, 3.8) is 0 Å². The Balaban J connectivity index is 1.54. The lowest BCUT2D eigenvalue weighted by molar-refractivity contribution is -0.110. The molecule has 2 aliphatic heterocycles. The molecule has 2 aromatic carbocycles. The summed E-state index contributed by atoms with van der Waals surface area (Å²) in [4.78, 5) is 44.3. The number of fused-ring (bicyclic) bond motifs is 2. The maximum Gasteiger partial charge on any atom is 0.337 e. The number of aromatic nitrogens is 1. The van der Waals surface area contributed by atoms with Gasteiger partial charge < -0.3 is 15.0 Å². The second-order valence-corrected chi connectivity index (χ2v) is 7.82. The number of carbonyl (C=O) groups excluding carboxylic acids is 2. The molecule has 30 heavy (non-hydrogen) atoms. The summed E-state index contributed by atoms with van der Waals surface area (Å²) in [5.41, 5.74) is 2.87. The number of amides is 1. The first-order valence-electron chi connectivity index (χ1n) is 9.19. The quantitative estimate of drug-likeness (QED) is 0.622. The van der Waals surface area contributed by atoms with Crippen LogP contribution in [0.1, 0.15) is 15.9 Å². The van der Waals surface area contributed by atoms with Gasteiger partial charge in [0.25, 0.3) is 11.5 Å². The van der Waals surface area contributed by atoms with Crippen LogP contribution >= 0.6 is 11.3 Å². The van der Waals surface area contributed by atoms with Crippen molar-refractivity contribution in [1.82, 2.24) is 4.57 Å². The van der Waals surface area contributed by atoms with E-state index in [1.54, 1.807) is 28.8 Å². The summed E-state index contributed by atoms with van der Waals surface area (Å²) in [5, 5.41) is 2.81. The monoisotopic (exact) mass is 420 g/mol. The molecule has 3 aromatic rings. The highest BCUT2D eigenvalue weighted by molar-refractivity contribution is 7.07. The highest BCUT2D eigenvalue weighted by Gasteiger charge is 2.27. The molecule has 1 aromatic heterocycles. The van der Waals surface area contributed by atoms with E-state index >= 15 is 0 Å². The Hall–Kier alpha value is -3.72. The van der Waals surface area contributed by atoms with Crippen LogP contribution in [-0.4, -0.2) is 30.2 Å². The van der Waals surface area contributed by atoms with Crippen LogP contribution in [0.4, 0.5) is 11.4 Å². The minimum Gasteiger partial charge on any atom is -0.465 e. The van der Waals surface area contributed by atoms with Crippen LogP contribution in [0, 0.1) is 0 Å². The Morgan fingerprint density at radius 3 is 2.67 bits per heavy atom. The van der Waals surface area contributed by atoms with Gasteiger partial charge in [-0.05, 0) is 30.3 Å². The van der Waals surface area contributed by atoms with Crippen molar-refractivity contribution in [1.29, 1.82) is 0 Å². The molecule has 0 spiro atoms. The summed E-state index contributed by atoms with van der Waals surface area (Å²) < 4.78 is 6.68. The van der Waals surface area contributed by atoms with Gasteiger partial charge in [0.15, 0.2) is 4.80 Å². The number of thiazole rings is 1. The van der Waals surface area contributed by atoms with Crippen molar-refractivity contribution < 1.29 is 14.3 Å². The van der Waals surface area contributed by atoms with Gasteiger partial charge in [-0.1, -0.05) is 29.5 Å². The molecule has 0 unspecified atom stereocenters. The minimum atomic E-state index is -0.405. The van der Waals surface area contributed by atoms with Crippen molar-refractivity contribution >= 4 is 40.2 Å². The molecule has 0 saturated heterocycles. The van der Waals surface area contributed by atoms with Gasteiger partial charge in [0, 0.05) is 16.9 Å². The first kappa shape index (κ1) is 18.3. The number of hydrogen-bond acceptors (Lipinski definition) is 7. The molecule has 9 heteroatoms. The van der Waals surface area contributed by atoms with E-state index in [9.17, 15) is 14.4 Å². The average molecular weight is 420 g/mol. The van der Waals surface area contributed by atoms with E-state index in [0.29, 0.717) is 39.5 Å². The third kappa shape index (κ3) is 2.82. The molecule has 3 heterocycles.